The van der Waals surface area contributed by atoms with E-state index in [4.69, 9.17) is 15.3 Å². The van der Waals surface area contributed by atoms with Crippen molar-refractivity contribution in [2.75, 3.05) is 7.05 Å². The number of benzene rings is 1. The lowest BCUT2D eigenvalue weighted by atomic mass is 9.85. The van der Waals surface area contributed by atoms with Gasteiger partial charge in [0.1, 0.15) is 23.3 Å². The van der Waals surface area contributed by atoms with Gasteiger partial charge in [-0.25, -0.2) is 0 Å². The van der Waals surface area contributed by atoms with Gasteiger partial charge in [0.2, 0.25) is 6.19 Å². The number of hydrogen-bond acceptors (Lipinski definition) is 5. The van der Waals surface area contributed by atoms with E-state index < -0.39 is 17.7 Å². The molecule has 0 saturated heterocycles. The molecule has 0 unspecified atom stereocenters. The molecule has 0 aliphatic carbocycles. The number of nitriles is 2. The van der Waals surface area contributed by atoms with E-state index >= 15 is 0 Å². The van der Waals surface area contributed by atoms with Crippen molar-refractivity contribution in [3.8, 4) is 18.0 Å². The maximum Gasteiger partial charge on any atom is 0.207 e. The van der Waals surface area contributed by atoms with E-state index in [2.05, 4.69) is 11.1 Å². The molecule has 2 rings (SSSR count). The molecule has 1 N–H and O–H groups in total. The van der Waals surface area contributed by atoms with Crippen LogP contribution in [-0.4, -0.2) is 34.6 Å². The number of aliphatic hydroxyl groups is 1. The highest BCUT2D eigenvalue weighted by atomic mass is 16.5. The van der Waals surface area contributed by atoms with Gasteiger partial charge in [-0.3, -0.25) is 0 Å². The SMILES string of the molecule is CC(=NC#N)N(C)[C@H]1c2cc(C#N)ccc2OC(C)(C)[C@@H]1O. The Morgan fingerprint density at radius 2 is 2.09 bits per heavy atom. The van der Waals surface area contributed by atoms with E-state index in [9.17, 15) is 5.11 Å². The number of ether oxygens (including phenoxy) is 1. The number of fused-ring (bicyclic) bond motifs is 1. The minimum atomic E-state index is -0.845. The lowest BCUT2D eigenvalue weighted by Gasteiger charge is -2.45. The topological polar surface area (TPSA) is 92.6 Å². The van der Waals surface area contributed by atoms with Crippen molar-refractivity contribution in [2.24, 2.45) is 4.99 Å². The van der Waals surface area contributed by atoms with E-state index in [-0.39, 0.29) is 0 Å². The van der Waals surface area contributed by atoms with Gasteiger partial charge in [0, 0.05) is 12.6 Å². The molecule has 114 valence electrons. The largest absolute Gasteiger partial charge is 0.485 e. The van der Waals surface area contributed by atoms with E-state index in [1.165, 1.54) is 0 Å². The normalized spacial score (nSPS) is 22.8. The van der Waals surface area contributed by atoms with E-state index in [0.717, 1.165) is 0 Å². The molecule has 0 fully saturated rings. The van der Waals surface area contributed by atoms with Crippen molar-refractivity contribution in [1.29, 1.82) is 10.5 Å². The molecular formula is C16H18N4O2. The van der Waals surface area contributed by atoms with Crippen LogP contribution in [0.2, 0.25) is 0 Å². The molecule has 0 saturated carbocycles. The van der Waals surface area contributed by atoms with Gasteiger partial charge in [-0.2, -0.15) is 15.5 Å². The van der Waals surface area contributed by atoms with Crippen LogP contribution in [0.25, 0.3) is 0 Å². The molecule has 1 heterocycles. The van der Waals surface area contributed by atoms with E-state index in [1.807, 2.05) is 0 Å². The molecule has 0 amide bonds. The first-order valence-electron chi connectivity index (χ1n) is 6.89. The third kappa shape index (κ3) is 2.61. The van der Waals surface area contributed by atoms with Gasteiger partial charge >= 0.3 is 0 Å². The highest BCUT2D eigenvalue weighted by molar-refractivity contribution is 5.81. The van der Waals surface area contributed by atoms with Crippen LogP contribution in [0.1, 0.15) is 37.9 Å². The molecule has 1 aliphatic heterocycles. The first-order chi connectivity index (χ1) is 10.3. The van der Waals surface area contributed by atoms with Gasteiger partial charge in [-0.05, 0) is 39.0 Å². The van der Waals surface area contributed by atoms with Gasteiger partial charge in [0.25, 0.3) is 0 Å². The maximum atomic E-state index is 10.7. The van der Waals surface area contributed by atoms with Crippen LogP contribution in [0, 0.1) is 22.8 Å². The quantitative estimate of drug-likeness (QED) is 0.486. The Hall–Kier alpha value is -2.57. The van der Waals surface area contributed by atoms with Crippen molar-refractivity contribution in [3.05, 3.63) is 29.3 Å². The fourth-order valence-corrected chi connectivity index (χ4v) is 2.61. The fourth-order valence-electron chi connectivity index (χ4n) is 2.61. The molecule has 0 radical (unpaired) electrons. The molecule has 6 heteroatoms. The number of rotatable bonds is 1. The first-order valence-corrected chi connectivity index (χ1v) is 6.89. The average molecular weight is 298 g/mol. The summed E-state index contributed by atoms with van der Waals surface area (Å²) in [6.07, 6.45) is 0.906. The molecule has 1 aliphatic rings. The zero-order chi connectivity index (χ0) is 16.5. The van der Waals surface area contributed by atoms with Crippen LogP contribution in [0.5, 0.6) is 5.75 Å². The van der Waals surface area contributed by atoms with Crippen LogP contribution in [0.15, 0.2) is 23.2 Å². The Morgan fingerprint density at radius 1 is 1.41 bits per heavy atom. The number of aliphatic hydroxyl groups excluding tert-OH is 1. The first kappa shape index (κ1) is 15.8. The summed E-state index contributed by atoms with van der Waals surface area (Å²) in [4.78, 5) is 5.46. The van der Waals surface area contributed by atoms with E-state index in [1.54, 1.807) is 57.1 Å². The lowest BCUT2D eigenvalue weighted by Crippen LogP contribution is -2.53. The summed E-state index contributed by atoms with van der Waals surface area (Å²) in [5, 5.41) is 28.5. The smallest absolute Gasteiger partial charge is 0.207 e. The molecule has 22 heavy (non-hydrogen) atoms. The minimum Gasteiger partial charge on any atom is -0.485 e. The predicted octanol–water partition coefficient (Wildman–Crippen LogP) is 1.96. The second kappa shape index (κ2) is 5.67. The summed E-state index contributed by atoms with van der Waals surface area (Å²) in [7, 11) is 1.76. The lowest BCUT2D eigenvalue weighted by molar-refractivity contribution is -0.0785. The molecule has 6 nitrogen and oxygen atoms in total. The Kier molecular flexibility index (Phi) is 4.07. The van der Waals surface area contributed by atoms with Crippen LogP contribution < -0.4 is 4.74 Å². The summed E-state index contributed by atoms with van der Waals surface area (Å²) in [5.74, 6) is 1.11. The van der Waals surface area contributed by atoms with Crippen LogP contribution >= 0.6 is 0 Å². The van der Waals surface area contributed by atoms with Crippen LogP contribution in [0.4, 0.5) is 0 Å². The summed E-state index contributed by atoms with van der Waals surface area (Å²) in [5.41, 5.74) is 0.399. The second-order valence-corrected chi connectivity index (χ2v) is 5.83. The van der Waals surface area contributed by atoms with Gasteiger partial charge < -0.3 is 14.7 Å². The van der Waals surface area contributed by atoms with Crippen molar-refractivity contribution in [2.45, 2.75) is 38.5 Å². The maximum absolute atomic E-state index is 10.7. The zero-order valence-electron chi connectivity index (χ0n) is 13.0. The number of nitrogens with zero attached hydrogens (tertiary/aromatic N) is 4. The van der Waals surface area contributed by atoms with Crippen molar-refractivity contribution in [1.82, 2.24) is 4.90 Å². The van der Waals surface area contributed by atoms with Gasteiger partial charge in [-0.15, -0.1) is 0 Å². The molecular weight excluding hydrogens is 280 g/mol. The highest BCUT2D eigenvalue weighted by Crippen LogP contribution is 2.42. The van der Waals surface area contributed by atoms with Crippen molar-refractivity contribution in [3.63, 3.8) is 0 Å². The van der Waals surface area contributed by atoms with Crippen molar-refractivity contribution >= 4 is 5.84 Å². The average Bonchev–Trinajstić information content (AvgIpc) is 2.47. The van der Waals surface area contributed by atoms with Gasteiger partial charge in [0.05, 0.1) is 17.7 Å². The molecule has 1 aromatic carbocycles. The predicted molar refractivity (Wildman–Crippen MR) is 81.1 cm³/mol. The number of aliphatic imine (C=N–C) groups is 1. The Bertz CT molecular complexity index is 697. The van der Waals surface area contributed by atoms with Crippen LogP contribution in [-0.2, 0) is 0 Å². The monoisotopic (exact) mass is 298 g/mol. The summed E-state index contributed by atoms with van der Waals surface area (Å²) >= 11 is 0. The third-order valence-corrected chi connectivity index (χ3v) is 3.98. The molecule has 2 atom stereocenters. The molecule has 0 aromatic heterocycles. The van der Waals surface area contributed by atoms with Crippen molar-refractivity contribution < 1.29 is 9.84 Å². The second-order valence-electron chi connectivity index (χ2n) is 5.83. The fraction of sp³-hybridized carbons (Fsp3) is 0.438. The van der Waals surface area contributed by atoms with Crippen LogP contribution in [0.3, 0.4) is 0 Å². The summed E-state index contributed by atoms with van der Waals surface area (Å²) in [6.45, 7) is 5.30. The van der Waals surface area contributed by atoms with Gasteiger partial charge in [-0.1, -0.05) is 0 Å². The molecule has 0 bridgehead atoms. The summed E-state index contributed by atoms with van der Waals surface area (Å²) < 4.78 is 5.86. The van der Waals surface area contributed by atoms with E-state index in [0.29, 0.717) is 22.7 Å². The highest BCUT2D eigenvalue weighted by Gasteiger charge is 2.45. The van der Waals surface area contributed by atoms with Gasteiger partial charge in [0.15, 0.2) is 0 Å². The minimum absolute atomic E-state index is 0.454. The molecule has 0 spiro atoms. The summed E-state index contributed by atoms with van der Waals surface area (Å²) in [6, 6.07) is 6.75. The Morgan fingerprint density at radius 3 is 2.68 bits per heavy atom. The zero-order valence-corrected chi connectivity index (χ0v) is 13.0. The number of likely N-dealkylation sites (N-methyl/N-ethyl adjacent to an activating group) is 1. The number of amidine groups is 1. The Labute approximate surface area is 129 Å². The third-order valence-electron chi connectivity index (χ3n) is 3.98. The number of hydrogen-bond donors (Lipinski definition) is 1. The standard InChI is InChI=1S/C16H18N4O2/c1-10(19-9-18)20(4)14-12-7-11(8-17)5-6-13(12)22-16(2,3)15(14)21/h5-7,14-15,21H,1-4H3/t14-,15+/m0/s1. The molecule has 1 aromatic rings. The Balaban J connectivity index is 2.59.